The predicted molar refractivity (Wildman–Crippen MR) is 96.8 cm³/mol. The number of benzene rings is 1. The van der Waals surface area contributed by atoms with E-state index in [-0.39, 0.29) is 11.7 Å². The number of thioether (sulfide) groups is 1. The van der Waals surface area contributed by atoms with Crippen LogP contribution in [0.5, 0.6) is 0 Å². The van der Waals surface area contributed by atoms with Gasteiger partial charge in [0.2, 0.25) is 5.91 Å². The number of hydrogen-bond acceptors (Lipinski definition) is 5. The monoisotopic (exact) mass is 361 g/mol. The number of primary amides is 1. The van der Waals surface area contributed by atoms with Gasteiger partial charge in [-0.2, -0.15) is 0 Å². The van der Waals surface area contributed by atoms with E-state index in [2.05, 4.69) is 9.97 Å². The first-order chi connectivity index (χ1) is 11.5. The van der Waals surface area contributed by atoms with Crippen LogP contribution in [0.3, 0.4) is 0 Å². The Hall–Kier alpha value is -1.99. The Morgan fingerprint density at radius 2 is 1.96 bits per heavy atom. The molecule has 3 rings (SSSR count). The lowest BCUT2D eigenvalue weighted by molar-refractivity contribution is -0.117. The van der Waals surface area contributed by atoms with Crippen molar-refractivity contribution in [1.82, 2.24) is 9.97 Å². The quantitative estimate of drug-likeness (QED) is 0.549. The Bertz CT molecular complexity index is 906. The van der Waals surface area contributed by atoms with Crippen LogP contribution in [0.25, 0.3) is 21.3 Å². The van der Waals surface area contributed by atoms with Gasteiger partial charge in [0, 0.05) is 22.6 Å². The summed E-state index contributed by atoms with van der Waals surface area (Å²) < 4.78 is 13.2. The molecule has 0 spiro atoms. The standard InChI is InChI=1S/C17H16FN3OS2/c1-9-14(11-3-5-12(18)6-4-11)15-16(23-8-7-13(19)22)20-10(2)21-17(15)24-9/h3-6H,7-8H2,1-2H3,(H2,19,22). The Morgan fingerprint density at radius 1 is 1.25 bits per heavy atom. The zero-order valence-electron chi connectivity index (χ0n) is 13.3. The van der Waals surface area contributed by atoms with E-state index >= 15 is 0 Å². The Labute approximate surface area is 147 Å². The van der Waals surface area contributed by atoms with Gasteiger partial charge in [-0.05, 0) is 31.5 Å². The largest absolute Gasteiger partial charge is 0.370 e. The van der Waals surface area contributed by atoms with Crippen molar-refractivity contribution in [2.75, 3.05) is 5.75 Å². The maximum absolute atomic E-state index is 13.2. The van der Waals surface area contributed by atoms with Gasteiger partial charge in [-0.1, -0.05) is 12.1 Å². The van der Waals surface area contributed by atoms with E-state index < -0.39 is 0 Å². The van der Waals surface area contributed by atoms with Crippen LogP contribution in [0.15, 0.2) is 29.3 Å². The Kier molecular flexibility index (Phi) is 4.82. The summed E-state index contributed by atoms with van der Waals surface area (Å²) in [5, 5.41) is 1.80. The molecular formula is C17H16FN3OS2. The van der Waals surface area contributed by atoms with Crippen LogP contribution < -0.4 is 5.73 Å². The van der Waals surface area contributed by atoms with E-state index in [1.165, 1.54) is 23.9 Å². The van der Waals surface area contributed by atoms with Crippen LogP contribution in [-0.2, 0) is 4.79 Å². The predicted octanol–water partition coefficient (Wildman–Crippen LogP) is 4.08. The molecule has 0 fully saturated rings. The Morgan fingerprint density at radius 3 is 2.62 bits per heavy atom. The molecule has 0 saturated heterocycles. The molecule has 1 aromatic carbocycles. The molecule has 7 heteroatoms. The van der Waals surface area contributed by atoms with Gasteiger partial charge >= 0.3 is 0 Å². The summed E-state index contributed by atoms with van der Waals surface area (Å²) in [6.45, 7) is 3.88. The minimum absolute atomic E-state index is 0.265. The molecule has 2 N–H and O–H groups in total. The summed E-state index contributed by atoms with van der Waals surface area (Å²) in [7, 11) is 0. The van der Waals surface area contributed by atoms with Crippen LogP contribution >= 0.6 is 23.1 Å². The molecule has 0 aliphatic carbocycles. The summed E-state index contributed by atoms with van der Waals surface area (Å²) in [5.41, 5.74) is 7.18. The first-order valence-electron chi connectivity index (χ1n) is 7.40. The second kappa shape index (κ2) is 6.86. The summed E-state index contributed by atoms with van der Waals surface area (Å²) >= 11 is 3.09. The van der Waals surface area contributed by atoms with Crippen molar-refractivity contribution in [1.29, 1.82) is 0 Å². The number of fused-ring (bicyclic) bond motifs is 1. The van der Waals surface area contributed by atoms with Gasteiger partial charge in [-0.15, -0.1) is 23.1 Å². The van der Waals surface area contributed by atoms with Gasteiger partial charge < -0.3 is 5.73 Å². The normalized spacial score (nSPS) is 11.1. The number of carbonyl (C=O) groups is 1. The first kappa shape index (κ1) is 16.9. The van der Waals surface area contributed by atoms with E-state index in [1.807, 2.05) is 13.8 Å². The zero-order valence-corrected chi connectivity index (χ0v) is 14.9. The number of aromatic nitrogens is 2. The number of nitrogens with two attached hydrogens (primary N) is 1. The fourth-order valence-corrected chi connectivity index (χ4v) is 4.69. The number of aryl methyl sites for hydroxylation is 2. The summed E-state index contributed by atoms with van der Waals surface area (Å²) in [4.78, 5) is 22.1. The number of rotatable bonds is 5. The van der Waals surface area contributed by atoms with E-state index in [9.17, 15) is 9.18 Å². The molecule has 0 atom stereocenters. The molecule has 124 valence electrons. The molecule has 1 amide bonds. The van der Waals surface area contributed by atoms with E-state index in [1.54, 1.807) is 23.5 Å². The van der Waals surface area contributed by atoms with E-state index in [0.29, 0.717) is 18.0 Å². The van der Waals surface area contributed by atoms with Crippen molar-refractivity contribution in [3.63, 3.8) is 0 Å². The lowest BCUT2D eigenvalue weighted by atomic mass is 10.0. The van der Waals surface area contributed by atoms with Gasteiger partial charge in [-0.3, -0.25) is 4.79 Å². The third-order valence-corrected chi connectivity index (χ3v) is 5.50. The third kappa shape index (κ3) is 3.42. The smallest absolute Gasteiger partial charge is 0.218 e. The van der Waals surface area contributed by atoms with Crippen LogP contribution in [0.2, 0.25) is 0 Å². The van der Waals surface area contributed by atoms with Crippen molar-refractivity contribution in [3.8, 4) is 11.1 Å². The zero-order chi connectivity index (χ0) is 17.3. The van der Waals surface area contributed by atoms with Crippen molar-refractivity contribution in [3.05, 3.63) is 40.8 Å². The van der Waals surface area contributed by atoms with Crippen LogP contribution in [0.1, 0.15) is 17.1 Å². The highest BCUT2D eigenvalue weighted by molar-refractivity contribution is 7.99. The number of carbonyl (C=O) groups excluding carboxylic acids is 1. The maximum atomic E-state index is 13.2. The lowest BCUT2D eigenvalue weighted by Crippen LogP contribution is -2.11. The second-order valence-corrected chi connectivity index (χ2v) is 7.65. The highest BCUT2D eigenvalue weighted by Gasteiger charge is 2.18. The van der Waals surface area contributed by atoms with E-state index in [4.69, 9.17) is 5.73 Å². The van der Waals surface area contributed by atoms with Gasteiger partial charge in [0.15, 0.2) is 0 Å². The number of hydrogen-bond donors (Lipinski definition) is 1. The fourth-order valence-electron chi connectivity index (χ4n) is 2.50. The van der Waals surface area contributed by atoms with Gasteiger partial charge in [0.25, 0.3) is 0 Å². The summed E-state index contributed by atoms with van der Waals surface area (Å²) in [5.74, 6) is 0.665. The SMILES string of the molecule is Cc1nc(SCCC(N)=O)c2c(-c3ccc(F)cc3)c(C)sc2n1. The van der Waals surface area contributed by atoms with Crippen molar-refractivity contribution >= 4 is 39.2 Å². The lowest BCUT2D eigenvalue weighted by Gasteiger charge is -2.07. The fraction of sp³-hybridized carbons (Fsp3) is 0.235. The summed E-state index contributed by atoms with van der Waals surface area (Å²) in [6, 6.07) is 6.43. The van der Waals surface area contributed by atoms with Crippen molar-refractivity contribution in [2.45, 2.75) is 25.3 Å². The topological polar surface area (TPSA) is 68.9 Å². The molecule has 0 saturated carbocycles. The average molecular weight is 361 g/mol. The first-order valence-corrected chi connectivity index (χ1v) is 9.20. The molecule has 2 aromatic heterocycles. The Balaban J connectivity index is 2.13. The third-order valence-electron chi connectivity index (χ3n) is 3.53. The van der Waals surface area contributed by atoms with Crippen molar-refractivity contribution < 1.29 is 9.18 Å². The van der Waals surface area contributed by atoms with Crippen LogP contribution in [0.4, 0.5) is 4.39 Å². The molecule has 0 aliphatic heterocycles. The minimum Gasteiger partial charge on any atom is -0.370 e. The molecule has 24 heavy (non-hydrogen) atoms. The van der Waals surface area contributed by atoms with E-state index in [0.717, 1.165) is 31.2 Å². The van der Waals surface area contributed by atoms with Crippen LogP contribution in [0, 0.1) is 19.7 Å². The number of nitrogens with zero attached hydrogens (tertiary/aromatic N) is 2. The van der Waals surface area contributed by atoms with Crippen molar-refractivity contribution in [2.24, 2.45) is 5.73 Å². The number of amides is 1. The molecule has 0 radical (unpaired) electrons. The highest BCUT2D eigenvalue weighted by Crippen LogP contribution is 2.41. The molecule has 4 nitrogen and oxygen atoms in total. The molecule has 0 bridgehead atoms. The highest BCUT2D eigenvalue weighted by atomic mass is 32.2. The maximum Gasteiger partial charge on any atom is 0.218 e. The number of halogens is 1. The second-order valence-electron chi connectivity index (χ2n) is 5.36. The number of thiophene rings is 1. The minimum atomic E-state index is -0.329. The summed E-state index contributed by atoms with van der Waals surface area (Å²) in [6.07, 6.45) is 0.296. The molecule has 0 aliphatic rings. The van der Waals surface area contributed by atoms with Gasteiger partial charge in [-0.25, -0.2) is 14.4 Å². The van der Waals surface area contributed by atoms with Gasteiger partial charge in [0.1, 0.15) is 21.5 Å². The average Bonchev–Trinajstić information content (AvgIpc) is 2.83. The molecule has 0 unspecified atom stereocenters. The van der Waals surface area contributed by atoms with Gasteiger partial charge in [0.05, 0.1) is 5.39 Å². The molecule has 2 heterocycles. The van der Waals surface area contributed by atoms with Crippen LogP contribution in [-0.4, -0.2) is 21.6 Å². The molecular weight excluding hydrogens is 345 g/mol. The molecule has 3 aromatic rings.